The lowest BCUT2D eigenvalue weighted by Crippen LogP contribution is -1.97. The summed E-state index contributed by atoms with van der Waals surface area (Å²) in [4.78, 5) is 5.92. The summed E-state index contributed by atoms with van der Waals surface area (Å²) >= 11 is 1.69. The number of rotatable bonds is 6. The van der Waals surface area contributed by atoms with Crippen LogP contribution in [0.2, 0.25) is 0 Å². The fourth-order valence-corrected chi connectivity index (χ4v) is 2.97. The highest BCUT2D eigenvalue weighted by Gasteiger charge is 2.11. The van der Waals surface area contributed by atoms with Gasteiger partial charge in [-0.05, 0) is 25.5 Å². The molecule has 1 aromatic carbocycles. The standard InChI is InChI=1S/C15H20N2OS/c1-3-6-13-14(10-16)19-15(17-13)11-7-5-8-12(9-11)18-4-2/h5,7-9H,3-4,6,10,16H2,1-2H3. The van der Waals surface area contributed by atoms with Crippen molar-refractivity contribution in [3.63, 3.8) is 0 Å². The second-order valence-corrected chi connectivity index (χ2v) is 5.39. The fourth-order valence-electron chi connectivity index (χ4n) is 1.98. The maximum atomic E-state index is 5.80. The number of aryl methyl sites for hydroxylation is 1. The van der Waals surface area contributed by atoms with Crippen molar-refractivity contribution >= 4 is 11.3 Å². The number of aromatic nitrogens is 1. The molecule has 102 valence electrons. The molecule has 0 aliphatic heterocycles. The maximum Gasteiger partial charge on any atom is 0.124 e. The molecule has 19 heavy (non-hydrogen) atoms. The van der Waals surface area contributed by atoms with Crippen LogP contribution in [0.15, 0.2) is 24.3 Å². The van der Waals surface area contributed by atoms with E-state index in [-0.39, 0.29) is 0 Å². The molecule has 1 aromatic heterocycles. The zero-order valence-corrected chi connectivity index (χ0v) is 12.3. The molecular formula is C15H20N2OS. The van der Waals surface area contributed by atoms with E-state index < -0.39 is 0 Å². The molecule has 0 amide bonds. The molecule has 0 unspecified atom stereocenters. The van der Waals surface area contributed by atoms with E-state index in [0.29, 0.717) is 13.2 Å². The monoisotopic (exact) mass is 276 g/mol. The van der Waals surface area contributed by atoms with Gasteiger partial charge in [-0.2, -0.15) is 0 Å². The number of hydrogen-bond acceptors (Lipinski definition) is 4. The molecule has 0 saturated carbocycles. The molecule has 0 fully saturated rings. The minimum absolute atomic E-state index is 0.568. The van der Waals surface area contributed by atoms with Gasteiger partial charge in [-0.3, -0.25) is 0 Å². The van der Waals surface area contributed by atoms with Gasteiger partial charge >= 0.3 is 0 Å². The van der Waals surface area contributed by atoms with Crippen molar-refractivity contribution in [2.45, 2.75) is 33.2 Å². The van der Waals surface area contributed by atoms with Gasteiger partial charge in [0.15, 0.2) is 0 Å². The zero-order valence-electron chi connectivity index (χ0n) is 11.5. The summed E-state index contributed by atoms with van der Waals surface area (Å²) in [5.74, 6) is 0.890. The molecule has 2 N–H and O–H groups in total. The van der Waals surface area contributed by atoms with Crippen LogP contribution in [0.5, 0.6) is 5.75 Å². The Morgan fingerprint density at radius 3 is 2.84 bits per heavy atom. The summed E-state index contributed by atoms with van der Waals surface area (Å²) in [6.07, 6.45) is 2.09. The van der Waals surface area contributed by atoms with E-state index >= 15 is 0 Å². The van der Waals surface area contributed by atoms with Crippen LogP contribution in [-0.2, 0) is 13.0 Å². The van der Waals surface area contributed by atoms with Crippen molar-refractivity contribution in [1.29, 1.82) is 0 Å². The van der Waals surface area contributed by atoms with Crippen LogP contribution in [0.25, 0.3) is 10.6 Å². The fraction of sp³-hybridized carbons (Fsp3) is 0.400. The molecule has 0 aliphatic carbocycles. The van der Waals surface area contributed by atoms with E-state index in [2.05, 4.69) is 13.0 Å². The lowest BCUT2D eigenvalue weighted by atomic mass is 10.2. The van der Waals surface area contributed by atoms with Crippen LogP contribution in [0, 0.1) is 0 Å². The normalized spacial score (nSPS) is 10.7. The third-order valence-electron chi connectivity index (χ3n) is 2.84. The van der Waals surface area contributed by atoms with Gasteiger partial charge in [-0.25, -0.2) is 4.98 Å². The van der Waals surface area contributed by atoms with Gasteiger partial charge in [0.1, 0.15) is 10.8 Å². The molecule has 3 nitrogen and oxygen atoms in total. The van der Waals surface area contributed by atoms with Gasteiger partial charge in [-0.1, -0.05) is 25.5 Å². The summed E-state index contributed by atoms with van der Waals surface area (Å²) < 4.78 is 5.53. The van der Waals surface area contributed by atoms with E-state index in [1.807, 2.05) is 25.1 Å². The Morgan fingerprint density at radius 1 is 1.32 bits per heavy atom. The second-order valence-electron chi connectivity index (χ2n) is 4.30. The van der Waals surface area contributed by atoms with Crippen molar-refractivity contribution in [1.82, 2.24) is 4.98 Å². The highest BCUT2D eigenvalue weighted by atomic mass is 32.1. The van der Waals surface area contributed by atoms with Gasteiger partial charge in [0.05, 0.1) is 12.3 Å². The number of nitrogens with zero attached hydrogens (tertiary/aromatic N) is 1. The highest BCUT2D eigenvalue weighted by Crippen LogP contribution is 2.30. The smallest absolute Gasteiger partial charge is 0.124 e. The molecule has 0 bridgehead atoms. The first-order valence-corrected chi connectivity index (χ1v) is 7.52. The van der Waals surface area contributed by atoms with E-state index in [1.54, 1.807) is 11.3 Å². The average molecular weight is 276 g/mol. The average Bonchev–Trinajstić information content (AvgIpc) is 2.83. The Balaban J connectivity index is 2.32. The van der Waals surface area contributed by atoms with Crippen LogP contribution < -0.4 is 10.5 Å². The molecule has 0 spiro atoms. The molecular weight excluding hydrogens is 256 g/mol. The van der Waals surface area contributed by atoms with Crippen molar-refractivity contribution in [2.75, 3.05) is 6.61 Å². The first-order chi connectivity index (χ1) is 9.28. The topological polar surface area (TPSA) is 48.1 Å². The minimum Gasteiger partial charge on any atom is -0.494 e. The molecule has 2 rings (SSSR count). The number of nitrogens with two attached hydrogens (primary N) is 1. The SMILES string of the molecule is CCCc1nc(-c2cccc(OCC)c2)sc1CN. The largest absolute Gasteiger partial charge is 0.494 e. The van der Waals surface area contributed by atoms with Crippen molar-refractivity contribution in [3.8, 4) is 16.3 Å². The molecule has 1 heterocycles. The van der Waals surface area contributed by atoms with E-state index in [9.17, 15) is 0 Å². The first kappa shape index (κ1) is 14.0. The maximum absolute atomic E-state index is 5.80. The van der Waals surface area contributed by atoms with Gasteiger partial charge < -0.3 is 10.5 Å². The molecule has 0 aliphatic rings. The van der Waals surface area contributed by atoms with E-state index in [0.717, 1.165) is 34.9 Å². The van der Waals surface area contributed by atoms with Crippen molar-refractivity contribution in [3.05, 3.63) is 34.8 Å². The molecule has 0 radical (unpaired) electrons. The Labute approximate surface area is 118 Å². The van der Waals surface area contributed by atoms with E-state index in [1.165, 1.54) is 4.88 Å². The Morgan fingerprint density at radius 2 is 2.16 bits per heavy atom. The predicted molar refractivity (Wildman–Crippen MR) is 80.6 cm³/mol. The summed E-state index contributed by atoms with van der Waals surface area (Å²) in [5, 5.41) is 1.03. The first-order valence-electron chi connectivity index (χ1n) is 6.70. The zero-order chi connectivity index (χ0) is 13.7. The third-order valence-corrected chi connectivity index (χ3v) is 4.01. The van der Waals surface area contributed by atoms with E-state index in [4.69, 9.17) is 15.5 Å². The van der Waals surface area contributed by atoms with Gasteiger partial charge in [0, 0.05) is 17.0 Å². The second kappa shape index (κ2) is 6.68. The minimum atomic E-state index is 0.568. The summed E-state index contributed by atoms with van der Waals surface area (Å²) in [5.41, 5.74) is 8.05. The number of thiazole rings is 1. The van der Waals surface area contributed by atoms with Gasteiger partial charge in [0.25, 0.3) is 0 Å². The number of hydrogen-bond donors (Lipinski definition) is 1. The number of benzene rings is 1. The van der Waals surface area contributed by atoms with Gasteiger partial charge in [-0.15, -0.1) is 11.3 Å². The summed E-state index contributed by atoms with van der Waals surface area (Å²) in [6.45, 7) is 5.39. The predicted octanol–water partition coefficient (Wildman–Crippen LogP) is 3.62. The van der Waals surface area contributed by atoms with Crippen molar-refractivity contribution in [2.24, 2.45) is 5.73 Å². The molecule has 0 atom stereocenters. The van der Waals surface area contributed by atoms with Crippen LogP contribution in [0.3, 0.4) is 0 Å². The lowest BCUT2D eigenvalue weighted by molar-refractivity contribution is 0.340. The van der Waals surface area contributed by atoms with Crippen LogP contribution in [-0.4, -0.2) is 11.6 Å². The van der Waals surface area contributed by atoms with Gasteiger partial charge in [0.2, 0.25) is 0 Å². The molecule has 0 saturated heterocycles. The highest BCUT2D eigenvalue weighted by molar-refractivity contribution is 7.15. The molecule has 4 heteroatoms. The van der Waals surface area contributed by atoms with Crippen molar-refractivity contribution < 1.29 is 4.74 Å². The van der Waals surface area contributed by atoms with Crippen LogP contribution >= 0.6 is 11.3 Å². The molecule has 2 aromatic rings. The van der Waals surface area contributed by atoms with Crippen LogP contribution in [0.4, 0.5) is 0 Å². The Bertz CT molecular complexity index is 537. The Hall–Kier alpha value is -1.39. The third kappa shape index (κ3) is 3.33. The van der Waals surface area contributed by atoms with Crippen LogP contribution in [0.1, 0.15) is 30.8 Å². The summed E-state index contributed by atoms with van der Waals surface area (Å²) in [7, 11) is 0. The summed E-state index contributed by atoms with van der Waals surface area (Å²) in [6, 6.07) is 8.08. The quantitative estimate of drug-likeness (QED) is 0.876. The lowest BCUT2D eigenvalue weighted by Gasteiger charge is -2.03. The Kier molecular flexibility index (Phi) is 4.93. The number of ether oxygens (including phenoxy) is 1.